The van der Waals surface area contributed by atoms with Crippen molar-refractivity contribution in [3.8, 4) is 5.75 Å². The lowest BCUT2D eigenvalue weighted by Gasteiger charge is -1.99. The summed E-state index contributed by atoms with van der Waals surface area (Å²) in [5.41, 5.74) is 0.407. The van der Waals surface area contributed by atoms with Crippen LogP contribution in [0.4, 0.5) is 4.39 Å². The fourth-order valence-corrected chi connectivity index (χ4v) is 3.45. The van der Waals surface area contributed by atoms with Crippen LogP contribution >= 0.6 is 27.3 Å². The number of nitrogens with one attached hydrogen (secondary N) is 1. The van der Waals surface area contributed by atoms with Crippen LogP contribution in [-0.4, -0.2) is 17.9 Å². The van der Waals surface area contributed by atoms with Crippen molar-refractivity contribution in [1.29, 1.82) is 0 Å². The van der Waals surface area contributed by atoms with Crippen LogP contribution in [0.2, 0.25) is 0 Å². The predicted molar refractivity (Wildman–Crippen MR) is 104 cm³/mol. The highest BCUT2D eigenvalue weighted by Gasteiger charge is 2.05. The number of hydrogen-bond donors (Lipinski definition) is 1. The zero-order chi connectivity index (χ0) is 18.7. The Morgan fingerprint density at radius 1 is 1.23 bits per heavy atom. The van der Waals surface area contributed by atoms with Gasteiger partial charge in [0, 0.05) is 21.7 Å². The third-order valence-electron chi connectivity index (χ3n) is 3.57. The second-order valence-electron chi connectivity index (χ2n) is 5.33. The second-order valence-corrected chi connectivity index (χ2v) is 7.33. The van der Waals surface area contributed by atoms with Gasteiger partial charge in [0.1, 0.15) is 11.6 Å². The molecule has 7 heteroatoms. The molecule has 3 rings (SSSR count). The maximum atomic E-state index is 13.9. The summed E-state index contributed by atoms with van der Waals surface area (Å²) in [4.78, 5) is 27.0. The van der Waals surface area contributed by atoms with Gasteiger partial charge in [0.05, 0.1) is 16.3 Å². The minimum Gasteiger partial charge on any atom is -0.497 e. The Kier molecular flexibility index (Phi) is 5.49. The van der Waals surface area contributed by atoms with Gasteiger partial charge in [-0.1, -0.05) is 22.0 Å². The van der Waals surface area contributed by atoms with Crippen molar-refractivity contribution in [2.24, 2.45) is 0 Å². The fraction of sp³-hybridized carbons (Fsp3) is 0.0526. The van der Waals surface area contributed by atoms with Crippen molar-refractivity contribution in [2.45, 2.75) is 0 Å². The number of H-pyrrole nitrogens is 1. The van der Waals surface area contributed by atoms with E-state index in [1.165, 1.54) is 18.2 Å². The van der Waals surface area contributed by atoms with Gasteiger partial charge in [0.2, 0.25) is 0 Å². The van der Waals surface area contributed by atoms with Gasteiger partial charge in [-0.3, -0.25) is 9.59 Å². The van der Waals surface area contributed by atoms with Gasteiger partial charge in [-0.05, 0) is 42.5 Å². The van der Waals surface area contributed by atoms with Crippen molar-refractivity contribution in [3.05, 3.63) is 83.4 Å². The van der Waals surface area contributed by atoms with E-state index >= 15 is 0 Å². The van der Waals surface area contributed by atoms with Gasteiger partial charge in [0.25, 0.3) is 5.56 Å². The van der Waals surface area contributed by atoms with Gasteiger partial charge in [-0.15, -0.1) is 11.3 Å². The number of ketones is 1. The third kappa shape index (κ3) is 4.17. The molecule has 0 radical (unpaired) electrons. The fourth-order valence-electron chi connectivity index (χ4n) is 2.24. The van der Waals surface area contributed by atoms with Crippen molar-refractivity contribution < 1.29 is 13.9 Å². The summed E-state index contributed by atoms with van der Waals surface area (Å²) in [6, 6.07) is 11.3. The van der Waals surface area contributed by atoms with E-state index in [2.05, 4.69) is 20.9 Å². The molecule has 0 aliphatic heterocycles. The summed E-state index contributed by atoms with van der Waals surface area (Å²) in [6.45, 7) is 0. The van der Waals surface area contributed by atoms with Crippen LogP contribution in [0.1, 0.15) is 15.9 Å². The third-order valence-corrected chi connectivity index (χ3v) is 5.02. The highest BCUT2D eigenvalue weighted by atomic mass is 79.9. The highest BCUT2D eigenvalue weighted by Crippen LogP contribution is 2.15. The number of aromatic amines is 1. The quantitative estimate of drug-likeness (QED) is 0.643. The molecule has 0 atom stereocenters. The van der Waals surface area contributed by atoms with Crippen LogP contribution < -0.4 is 19.5 Å². The van der Waals surface area contributed by atoms with Crippen molar-refractivity contribution in [3.63, 3.8) is 0 Å². The largest absolute Gasteiger partial charge is 0.497 e. The first-order chi connectivity index (χ1) is 12.5. The van der Waals surface area contributed by atoms with Crippen molar-refractivity contribution in [2.75, 3.05) is 7.11 Å². The van der Waals surface area contributed by atoms with E-state index < -0.39 is 5.82 Å². The van der Waals surface area contributed by atoms with Gasteiger partial charge in [0.15, 0.2) is 5.78 Å². The zero-order valence-electron chi connectivity index (χ0n) is 13.6. The molecule has 26 heavy (non-hydrogen) atoms. The normalized spacial score (nSPS) is 12.4. The maximum Gasteiger partial charge on any atom is 0.266 e. The summed E-state index contributed by atoms with van der Waals surface area (Å²) >= 11 is 4.28. The Balaban J connectivity index is 1.96. The standard InChI is InChI=1S/C19H13BrFNO3S/c1-25-14-6-3-11(4-7-14)16(23)10-18-22-19(24)17(26-18)8-12-2-5-13(20)9-15(12)21/h2-10H,1H3,(H,22,24)/b17-8+,18-10+. The summed E-state index contributed by atoms with van der Waals surface area (Å²) in [6.07, 6.45) is 2.81. The number of hydrogen-bond acceptors (Lipinski definition) is 4. The first kappa shape index (κ1) is 18.3. The molecule has 1 aromatic heterocycles. The lowest BCUT2D eigenvalue weighted by molar-refractivity contribution is 0.106. The molecule has 0 bridgehead atoms. The number of ether oxygens (including phenoxy) is 1. The molecular weight excluding hydrogens is 421 g/mol. The van der Waals surface area contributed by atoms with Gasteiger partial charge < -0.3 is 9.72 Å². The Hall–Kier alpha value is -2.51. The van der Waals surface area contributed by atoms with Gasteiger partial charge in [-0.25, -0.2) is 4.39 Å². The lowest BCUT2D eigenvalue weighted by Crippen LogP contribution is -2.20. The van der Waals surface area contributed by atoms with Gasteiger partial charge >= 0.3 is 0 Å². The molecule has 0 spiro atoms. The van der Waals surface area contributed by atoms with E-state index in [4.69, 9.17) is 4.74 Å². The second kappa shape index (κ2) is 7.80. The first-order valence-corrected chi connectivity index (χ1v) is 9.13. The summed E-state index contributed by atoms with van der Waals surface area (Å²) in [5.74, 6) is -0.0296. The number of thiazole rings is 1. The Bertz CT molecular complexity index is 1130. The topological polar surface area (TPSA) is 59.2 Å². The molecule has 2 aromatic carbocycles. The molecule has 0 fully saturated rings. The minimum atomic E-state index is -0.438. The molecule has 4 nitrogen and oxygen atoms in total. The van der Waals surface area contributed by atoms with Crippen molar-refractivity contribution in [1.82, 2.24) is 4.98 Å². The van der Waals surface area contributed by atoms with E-state index in [1.807, 2.05) is 0 Å². The number of halogens is 2. The molecule has 132 valence electrons. The van der Waals surface area contributed by atoms with Crippen LogP contribution in [0, 0.1) is 5.82 Å². The Morgan fingerprint density at radius 2 is 1.96 bits per heavy atom. The molecular formula is C19H13BrFNO3S. The smallest absolute Gasteiger partial charge is 0.266 e. The summed E-state index contributed by atoms with van der Waals surface area (Å²) in [7, 11) is 1.55. The number of aromatic nitrogens is 1. The molecule has 3 aromatic rings. The number of carbonyl (C=O) groups excluding carboxylic acids is 1. The van der Waals surface area contributed by atoms with Crippen LogP contribution in [0.25, 0.3) is 12.2 Å². The molecule has 0 saturated heterocycles. The molecule has 0 unspecified atom stereocenters. The summed E-state index contributed by atoms with van der Waals surface area (Å²) < 4.78 is 20.3. The SMILES string of the molecule is COc1ccc(C(=O)/C=c2\[nH]c(=O)/c(=C\c3ccc(Br)cc3F)s2)cc1. The van der Waals surface area contributed by atoms with Crippen molar-refractivity contribution >= 4 is 45.2 Å². The Morgan fingerprint density at radius 3 is 2.62 bits per heavy atom. The average Bonchev–Trinajstić information content (AvgIpc) is 2.96. The molecule has 0 amide bonds. The Labute approximate surface area is 160 Å². The average molecular weight is 434 g/mol. The molecule has 1 N–H and O–H groups in total. The number of rotatable bonds is 4. The number of methoxy groups -OCH3 is 1. The molecule has 0 saturated carbocycles. The monoisotopic (exact) mass is 433 g/mol. The predicted octanol–water partition coefficient (Wildman–Crippen LogP) is 2.84. The zero-order valence-corrected chi connectivity index (χ0v) is 16.0. The van der Waals surface area contributed by atoms with Crippen LogP contribution in [0.15, 0.2) is 51.7 Å². The van der Waals surface area contributed by atoms with Crippen LogP contribution in [-0.2, 0) is 0 Å². The molecule has 0 aliphatic carbocycles. The minimum absolute atomic E-state index is 0.244. The molecule has 1 heterocycles. The maximum absolute atomic E-state index is 13.9. The number of Topliss-reactive ketones (excluding diaryl/α,β-unsaturated/α-hetero) is 1. The summed E-state index contributed by atoms with van der Waals surface area (Å²) in [5, 5.41) is 0. The van der Waals surface area contributed by atoms with E-state index in [0.29, 0.717) is 30.5 Å². The van der Waals surface area contributed by atoms with Crippen LogP contribution in [0.5, 0.6) is 5.75 Å². The van der Waals surface area contributed by atoms with E-state index in [1.54, 1.807) is 43.5 Å². The molecule has 0 aliphatic rings. The van der Waals surface area contributed by atoms with Crippen LogP contribution in [0.3, 0.4) is 0 Å². The van der Waals surface area contributed by atoms with Gasteiger partial charge in [-0.2, -0.15) is 0 Å². The highest BCUT2D eigenvalue weighted by molar-refractivity contribution is 9.10. The number of carbonyl (C=O) groups is 1. The van der Waals surface area contributed by atoms with E-state index in [9.17, 15) is 14.0 Å². The first-order valence-electron chi connectivity index (χ1n) is 7.52. The van der Waals surface area contributed by atoms with E-state index in [-0.39, 0.29) is 11.3 Å². The number of benzene rings is 2. The lowest BCUT2D eigenvalue weighted by atomic mass is 10.1. The van der Waals surface area contributed by atoms with E-state index in [0.717, 1.165) is 11.3 Å².